The van der Waals surface area contributed by atoms with Crippen LogP contribution in [0.5, 0.6) is 0 Å². The van der Waals surface area contributed by atoms with E-state index in [1.807, 2.05) is 13.8 Å². The molecule has 0 heterocycles. The molecule has 0 aromatic heterocycles. The molecule has 0 amide bonds. The van der Waals surface area contributed by atoms with Gasteiger partial charge in [0.15, 0.2) is 0 Å². The Hall–Kier alpha value is -0.160. The Morgan fingerprint density at radius 2 is 1.05 bits per heavy atom. The first-order valence-electron chi connectivity index (χ1n) is 9.58. The van der Waals surface area contributed by atoms with Crippen LogP contribution >= 0.6 is 0 Å². The van der Waals surface area contributed by atoms with Crippen molar-refractivity contribution in [1.29, 1.82) is 0 Å². The molecule has 4 nitrogen and oxygen atoms in total. The molecule has 0 aliphatic rings. The van der Waals surface area contributed by atoms with E-state index in [4.69, 9.17) is 0 Å². The summed E-state index contributed by atoms with van der Waals surface area (Å²) >= 11 is 0. The molecule has 0 spiro atoms. The second-order valence-electron chi connectivity index (χ2n) is 5.70. The molecule has 0 aliphatic heterocycles. The highest BCUT2D eigenvalue weighted by Gasteiger charge is 1.99. The molecule has 0 radical (unpaired) electrons. The van der Waals surface area contributed by atoms with Crippen LogP contribution < -0.4 is 21.3 Å². The molecule has 144 valence electrons. The highest BCUT2D eigenvalue weighted by atomic mass is 14.9. The van der Waals surface area contributed by atoms with Crippen molar-refractivity contribution in [3.05, 3.63) is 0 Å². The zero-order chi connectivity index (χ0) is 17.1. The van der Waals surface area contributed by atoms with Crippen molar-refractivity contribution >= 4 is 0 Å². The second kappa shape index (κ2) is 20.8. The van der Waals surface area contributed by atoms with E-state index in [2.05, 4.69) is 49.0 Å². The molecule has 22 heavy (non-hydrogen) atoms. The Morgan fingerprint density at radius 1 is 0.682 bits per heavy atom. The highest BCUT2D eigenvalue weighted by Crippen LogP contribution is 1.91. The minimum absolute atomic E-state index is 0. The first-order valence-corrected chi connectivity index (χ1v) is 9.58. The smallest absolute Gasteiger partial charge is 0.00506 e. The SMILES string of the molecule is CC.CCNC(C)CCNCCCCNCCC(C)NCC.[HH].[HH].[HH].[HH]. The van der Waals surface area contributed by atoms with E-state index in [0.29, 0.717) is 12.1 Å². The molecule has 0 fully saturated rings. The summed E-state index contributed by atoms with van der Waals surface area (Å²) in [6.07, 6.45) is 4.97. The molecular formula is C18H52N4. The van der Waals surface area contributed by atoms with Crippen molar-refractivity contribution in [3.8, 4) is 0 Å². The third-order valence-corrected chi connectivity index (χ3v) is 3.57. The van der Waals surface area contributed by atoms with Gasteiger partial charge in [-0.2, -0.15) is 0 Å². The zero-order valence-electron chi connectivity index (χ0n) is 16.2. The summed E-state index contributed by atoms with van der Waals surface area (Å²) in [6, 6.07) is 1.26. The predicted molar refractivity (Wildman–Crippen MR) is 110 cm³/mol. The summed E-state index contributed by atoms with van der Waals surface area (Å²) in [5, 5.41) is 13.9. The van der Waals surface area contributed by atoms with E-state index in [9.17, 15) is 0 Å². The molecule has 0 aromatic carbocycles. The van der Waals surface area contributed by atoms with Crippen LogP contribution in [0.3, 0.4) is 0 Å². The molecule has 4 N–H and O–H groups in total. The summed E-state index contributed by atoms with van der Waals surface area (Å²) in [6.45, 7) is 19.5. The molecule has 2 atom stereocenters. The van der Waals surface area contributed by atoms with Gasteiger partial charge in [0.1, 0.15) is 0 Å². The lowest BCUT2D eigenvalue weighted by Crippen LogP contribution is -2.31. The van der Waals surface area contributed by atoms with Crippen molar-refractivity contribution in [2.75, 3.05) is 39.3 Å². The predicted octanol–water partition coefficient (Wildman–Crippen LogP) is 3.73. The number of hydrogen-bond donors (Lipinski definition) is 4. The summed E-state index contributed by atoms with van der Waals surface area (Å²) < 4.78 is 0. The van der Waals surface area contributed by atoms with Crippen LogP contribution in [0.25, 0.3) is 0 Å². The van der Waals surface area contributed by atoms with Crippen LogP contribution in [0.15, 0.2) is 0 Å². The molecule has 0 saturated carbocycles. The Morgan fingerprint density at radius 3 is 1.36 bits per heavy atom. The van der Waals surface area contributed by atoms with E-state index in [-0.39, 0.29) is 5.71 Å². The Balaban J connectivity index is -0.000000160. The molecule has 0 rings (SSSR count). The molecule has 0 aromatic rings. The molecule has 2 unspecified atom stereocenters. The molecular weight excluding hydrogens is 272 g/mol. The summed E-state index contributed by atoms with van der Waals surface area (Å²) in [5.41, 5.74) is 0. The summed E-state index contributed by atoms with van der Waals surface area (Å²) in [5.74, 6) is 0. The molecule has 0 bridgehead atoms. The average molecular weight is 325 g/mol. The van der Waals surface area contributed by atoms with Gasteiger partial charge in [-0.05, 0) is 78.8 Å². The summed E-state index contributed by atoms with van der Waals surface area (Å²) in [4.78, 5) is 0. The van der Waals surface area contributed by atoms with Gasteiger partial charge in [-0.25, -0.2) is 0 Å². The monoisotopic (exact) mass is 324 g/mol. The van der Waals surface area contributed by atoms with Gasteiger partial charge in [0, 0.05) is 17.8 Å². The Labute approximate surface area is 146 Å². The quantitative estimate of drug-likeness (QED) is 0.347. The van der Waals surface area contributed by atoms with Gasteiger partial charge < -0.3 is 21.3 Å². The van der Waals surface area contributed by atoms with Gasteiger partial charge in [-0.15, -0.1) is 0 Å². The third-order valence-electron chi connectivity index (χ3n) is 3.57. The fourth-order valence-corrected chi connectivity index (χ4v) is 2.29. The first-order chi connectivity index (χ1) is 10.7. The van der Waals surface area contributed by atoms with Gasteiger partial charge in [0.25, 0.3) is 0 Å². The van der Waals surface area contributed by atoms with Crippen molar-refractivity contribution < 1.29 is 5.71 Å². The number of hydrogen-bond acceptors (Lipinski definition) is 4. The maximum Gasteiger partial charge on any atom is 0.00506 e. The van der Waals surface area contributed by atoms with Gasteiger partial charge in [0.2, 0.25) is 0 Å². The van der Waals surface area contributed by atoms with Crippen molar-refractivity contribution in [3.63, 3.8) is 0 Å². The van der Waals surface area contributed by atoms with Gasteiger partial charge in [-0.1, -0.05) is 27.7 Å². The fourth-order valence-electron chi connectivity index (χ4n) is 2.29. The van der Waals surface area contributed by atoms with Crippen molar-refractivity contribution in [1.82, 2.24) is 21.3 Å². The zero-order valence-corrected chi connectivity index (χ0v) is 16.2. The lowest BCUT2D eigenvalue weighted by Gasteiger charge is -2.13. The van der Waals surface area contributed by atoms with E-state index in [0.717, 1.165) is 39.3 Å². The lowest BCUT2D eigenvalue weighted by molar-refractivity contribution is 0.486. The lowest BCUT2D eigenvalue weighted by atomic mass is 10.2. The Bertz CT molecular complexity index is 184. The van der Waals surface area contributed by atoms with E-state index in [1.54, 1.807) is 0 Å². The van der Waals surface area contributed by atoms with Crippen molar-refractivity contribution in [2.24, 2.45) is 0 Å². The number of unbranched alkanes of at least 4 members (excludes halogenated alkanes) is 1. The van der Waals surface area contributed by atoms with Crippen LogP contribution in [-0.2, 0) is 0 Å². The van der Waals surface area contributed by atoms with Gasteiger partial charge in [0.05, 0.1) is 0 Å². The minimum Gasteiger partial charge on any atom is -0.317 e. The maximum atomic E-state index is 3.52. The highest BCUT2D eigenvalue weighted by molar-refractivity contribution is 4.62. The second-order valence-corrected chi connectivity index (χ2v) is 5.70. The maximum absolute atomic E-state index is 3.52. The molecule has 0 aliphatic carbocycles. The van der Waals surface area contributed by atoms with Crippen LogP contribution in [0.1, 0.15) is 72.9 Å². The molecule has 4 heteroatoms. The van der Waals surface area contributed by atoms with E-state index >= 15 is 0 Å². The van der Waals surface area contributed by atoms with Crippen LogP contribution in [0.4, 0.5) is 0 Å². The average Bonchev–Trinajstić information content (AvgIpc) is 2.51. The van der Waals surface area contributed by atoms with E-state index in [1.165, 1.54) is 25.7 Å². The van der Waals surface area contributed by atoms with Crippen LogP contribution in [-0.4, -0.2) is 51.4 Å². The normalized spacial score (nSPS) is 13.4. The first kappa shape index (κ1) is 24.1. The van der Waals surface area contributed by atoms with Gasteiger partial charge in [-0.3, -0.25) is 0 Å². The topological polar surface area (TPSA) is 48.1 Å². The molecule has 0 saturated heterocycles. The van der Waals surface area contributed by atoms with Crippen molar-refractivity contribution in [2.45, 2.75) is 79.3 Å². The largest absolute Gasteiger partial charge is 0.317 e. The number of rotatable bonds is 15. The number of nitrogens with one attached hydrogen (secondary N) is 4. The summed E-state index contributed by atoms with van der Waals surface area (Å²) in [7, 11) is 0. The van der Waals surface area contributed by atoms with Crippen LogP contribution in [0.2, 0.25) is 0 Å². The van der Waals surface area contributed by atoms with Gasteiger partial charge >= 0.3 is 0 Å². The third kappa shape index (κ3) is 19.8. The fraction of sp³-hybridized carbons (Fsp3) is 1.00. The van der Waals surface area contributed by atoms with Crippen LogP contribution in [0, 0.1) is 0 Å². The van der Waals surface area contributed by atoms with E-state index < -0.39 is 0 Å². The minimum atomic E-state index is 0. The Kier molecular flexibility index (Phi) is 22.8. The standard InChI is InChI=1S/C16H38N4.C2H6.4H2/c1-5-19-15(3)9-13-17-11-7-8-12-18-14-10-16(4)20-6-2;1-2;;;;/h15-20H,5-14H2,1-4H3;1-2H3;4*1H.